The van der Waals surface area contributed by atoms with Crippen LogP contribution in [-0.2, 0) is 13.9 Å². The van der Waals surface area contributed by atoms with Crippen LogP contribution in [0.5, 0.6) is 0 Å². The van der Waals surface area contributed by atoms with Gasteiger partial charge in [0, 0.05) is 17.6 Å². The molecule has 1 aromatic rings. The molecule has 0 saturated heterocycles. The molecule has 0 aliphatic rings. The molecule has 1 N–H and O–H groups in total. The van der Waals surface area contributed by atoms with Crippen LogP contribution < -0.4 is 0 Å². The zero-order valence-electron chi connectivity index (χ0n) is 8.81. The summed E-state index contributed by atoms with van der Waals surface area (Å²) in [7, 11) is 0. The summed E-state index contributed by atoms with van der Waals surface area (Å²) in [6, 6.07) is 7.89. The summed E-state index contributed by atoms with van der Waals surface area (Å²) < 4.78 is 7.82. The summed E-state index contributed by atoms with van der Waals surface area (Å²) in [5.74, 6) is -0.807. The van der Waals surface area contributed by atoms with Crippen molar-refractivity contribution in [2.24, 2.45) is 0 Å². The third-order valence-electron chi connectivity index (χ3n) is 1.96. The van der Waals surface area contributed by atoms with Gasteiger partial charge in [0.1, 0.15) is 23.0 Å². The predicted octanol–water partition coefficient (Wildman–Crippen LogP) is 3.66. The van der Waals surface area contributed by atoms with Gasteiger partial charge < -0.3 is 5.11 Å². The molecule has 0 spiro atoms. The van der Waals surface area contributed by atoms with E-state index in [9.17, 15) is 4.79 Å². The molecule has 1 aromatic carbocycles. The maximum Gasteiger partial charge on any atom is 0.304 e. The van der Waals surface area contributed by atoms with Crippen molar-refractivity contribution >= 4 is 57.1 Å². The van der Waals surface area contributed by atoms with Crippen molar-refractivity contribution in [1.82, 2.24) is 4.31 Å². The van der Waals surface area contributed by atoms with Crippen LogP contribution in [0, 0.1) is 0 Å². The Labute approximate surface area is 127 Å². The largest absolute Gasteiger partial charge is 0.481 e. The number of benzene rings is 1. The van der Waals surface area contributed by atoms with E-state index in [2.05, 4.69) is 15.9 Å². The summed E-state index contributed by atoms with van der Waals surface area (Å²) >= 11 is 6.34. The number of aliphatic carboxylic acids is 1. The van der Waals surface area contributed by atoms with E-state index in [0.717, 1.165) is 22.3 Å². The van der Waals surface area contributed by atoms with Crippen molar-refractivity contribution in [2.45, 2.75) is 13.0 Å². The normalized spacial score (nSPS) is 10.8. The van der Waals surface area contributed by atoms with Gasteiger partial charge in [-0.3, -0.25) is 4.79 Å². The molecule has 0 saturated carbocycles. The Morgan fingerprint density at radius 2 is 2.35 bits per heavy atom. The molecule has 0 atom stereocenters. The predicted molar refractivity (Wildman–Crippen MR) is 79.5 cm³/mol. The highest BCUT2D eigenvalue weighted by molar-refractivity contribution is 14.1. The second-order valence-corrected chi connectivity index (χ2v) is 6.06. The van der Waals surface area contributed by atoms with Crippen LogP contribution in [0.2, 0.25) is 0 Å². The van der Waals surface area contributed by atoms with E-state index in [-0.39, 0.29) is 6.42 Å². The lowest BCUT2D eigenvalue weighted by molar-refractivity contribution is -0.137. The first-order chi connectivity index (χ1) is 8.11. The standard InChI is InChI=1S/C10H11BrINO3S/c11-9-3-1-2-8(6-9)7-13(17-16-12)5-4-10(14)15/h1-3,6H,4-5,7H2,(H,14,15). The minimum absolute atomic E-state index is 0.0982. The first kappa shape index (κ1) is 15.2. The number of carbonyl (C=O) groups is 1. The SMILES string of the molecule is O=C(O)CCN(Cc1cccc(Br)c1)SOI. The lowest BCUT2D eigenvalue weighted by Crippen LogP contribution is -2.19. The maximum absolute atomic E-state index is 10.5. The van der Waals surface area contributed by atoms with Gasteiger partial charge in [-0.05, 0) is 17.7 Å². The Morgan fingerprint density at radius 1 is 1.59 bits per heavy atom. The Morgan fingerprint density at radius 3 is 2.94 bits per heavy atom. The molecule has 0 aromatic heterocycles. The molecule has 17 heavy (non-hydrogen) atoms. The number of carboxylic acids is 1. The van der Waals surface area contributed by atoms with E-state index in [1.807, 2.05) is 28.6 Å². The molecule has 0 aliphatic heterocycles. The fourth-order valence-electron chi connectivity index (χ4n) is 1.24. The summed E-state index contributed by atoms with van der Waals surface area (Å²) in [5.41, 5.74) is 1.10. The fraction of sp³-hybridized carbons (Fsp3) is 0.300. The van der Waals surface area contributed by atoms with Crippen molar-refractivity contribution in [3.05, 3.63) is 34.3 Å². The highest BCUT2D eigenvalue weighted by atomic mass is 127. The number of carboxylic acid groups (broad SMARTS) is 1. The topological polar surface area (TPSA) is 49.8 Å². The molecule has 0 amide bonds. The van der Waals surface area contributed by atoms with Crippen molar-refractivity contribution in [2.75, 3.05) is 6.54 Å². The third kappa shape index (κ3) is 6.61. The molecule has 0 unspecified atom stereocenters. The van der Waals surface area contributed by atoms with E-state index in [0.29, 0.717) is 13.1 Å². The minimum atomic E-state index is -0.807. The molecular weight excluding hydrogens is 421 g/mol. The van der Waals surface area contributed by atoms with Crippen LogP contribution >= 0.6 is 51.2 Å². The van der Waals surface area contributed by atoms with Gasteiger partial charge in [0.25, 0.3) is 0 Å². The molecular formula is C10H11BrINO3S. The Balaban J connectivity index is 2.56. The highest BCUT2D eigenvalue weighted by Gasteiger charge is 2.10. The first-order valence-electron chi connectivity index (χ1n) is 4.78. The minimum Gasteiger partial charge on any atom is -0.481 e. The summed E-state index contributed by atoms with van der Waals surface area (Å²) in [6.07, 6.45) is 0.0982. The first-order valence-corrected chi connectivity index (χ1v) is 7.15. The van der Waals surface area contributed by atoms with Crippen molar-refractivity contribution < 1.29 is 12.4 Å². The van der Waals surface area contributed by atoms with Crippen molar-refractivity contribution in [3.8, 4) is 0 Å². The lowest BCUT2D eigenvalue weighted by atomic mass is 10.2. The number of hydrogen-bond acceptors (Lipinski definition) is 4. The van der Waals surface area contributed by atoms with Gasteiger partial charge in [0.15, 0.2) is 0 Å². The smallest absolute Gasteiger partial charge is 0.304 e. The van der Waals surface area contributed by atoms with E-state index < -0.39 is 5.97 Å². The maximum atomic E-state index is 10.5. The highest BCUT2D eigenvalue weighted by Crippen LogP contribution is 2.20. The molecule has 0 radical (unpaired) electrons. The van der Waals surface area contributed by atoms with Crippen LogP contribution in [0.4, 0.5) is 0 Å². The van der Waals surface area contributed by atoms with Crippen LogP contribution in [0.25, 0.3) is 0 Å². The lowest BCUT2D eigenvalue weighted by Gasteiger charge is -2.17. The molecule has 0 heterocycles. The molecule has 7 heteroatoms. The van der Waals surface area contributed by atoms with E-state index in [1.54, 1.807) is 23.0 Å². The summed E-state index contributed by atoms with van der Waals surface area (Å²) in [6.45, 7) is 1.08. The number of nitrogens with zero attached hydrogens (tertiary/aromatic N) is 1. The van der Waals surface area contributed by atoms with Gasteiger partial charge in [-0.1, -0.05) is 28.1 Å². The van der Waals surface area contributed by atoms with Gasteiger partial charge in [0.2, 0.25) is 0 Å². The zero-order chi connectivity index (χ0) is 12.7. The average Bonchev–Trinajstić information content (AvgIpc) is 2.26. The van der Waals surface area contributed by atoms with Crippen LogP contribution in [0.3, 0.4) is 0 Å². The van der Waals surface area contributed by atoms with E-state index >= 15 is 0 Å². The molecule has 0 bridgehead atoms. The summed E-state index contributed by atoms with van der Waals surface area (Å²) in [4.78, 5) is 10.5. The Bertz CT molecular complexity index is 380. The van der Waals surface area contributed by atoms with Gasteiger partial charge in [0.05, 0.1) is 18.6 Å². The molecule has 4 nitrogen and oxygen atoms in total. The van der Waals surface area contributed by atoms with Gasteiger partial charge in [-0.25, -0.2) is 6.82 Å². The Kier molecular flexibility index (Phi) is 7.44. The van der Waals surface area contributed by atoms with Crippen LogP contribution in [-0.4, -0.2) is 21.9 Å². The van der Waals surface area contributed by atoms with Crippen molar-refractivity contribution in [1.29, 1.82) is 0 Å². The molecule has 1 rings (SSSR count). The zero-order valence-corrected chi connectivity index (χ0v) is 13.4. The monoisotopic (exact) mass is 431 g/mol. The summed E-state index contributed by atoms with van der Waals surface area (Å²) in [5, 5.41) is 8.65. The van der Waals surface area contributed by atoms with E-state index in [1.165, 1.54) is 0 Å². The van der Waals surface area contributed by atoms with Crippen LogP contribution in [0.15, 0.2) is 28.7 Å². The number of hydrogen-bond donors (Lipinski definition) is 1. The second kappa shape index (κ2) is 8.30. The quantitative estimate of drug-likeness (QED) is 0.405. The molecule has 94 valence electrons. The van der Waals surface area contributed by atoms with E-state index in [4.69, 9.17) is 7.62 Å². The van der Waals surface area contributed by atoms with Gasteiger partial charge in [-0.15, -0.1) is 0 Å². The van der Waals surface area contributed by atoms with Crippen LogP contribution in [0.1, 0.15) is 12.0 Å². The Hall–Kier alpha value is 0.170. The third-order valence-corrected chi connectivity index (χ3v) is 3.51. The fourth-order valence-corrected chi connectivity index (χ4v) is 2.82. The van der Waals surface area contributed by atoms with Crippen molar-refractivity contribution in [3.63, 3.8) is 0 Å². The molecule has 0 fully saturated rings. The average molecular weight is 432 g/mol. The van der Waals surface area contributed by atoms with Gasteiger partial charge >= 0.3 is 5.97 Å². The van der Waals surface area contributed by atoms with Gasteiger partial charge in [-0.2, -0.15) is 0 Å². The molecule has 0 aliphatic carbocycles. The number of rotatable bonds is 7. The number of halogens is 2. The second-order valence-electron chi connectivity index (χ2n) is 3.27.